The topological polar surface area (TPSA) is 66.4 Å². The summed E-state index contributed by atoms with van der Waals surface area (Å²) >= 11 is 0. The van der Waals surface area contributed by atoms with Crippen LogP contribution in [0.4, 0.5) is 4.39 Å². The van der Waals surface area contributed by atoms with Crippen LogP contribution in [0.1, 0.15) is 15.9 Å². The van der Waals surface area contributed by atoms with Crippen molar-refractivity contribution in [2.75, 3.05) is 13.1 Å². The number of hydrogen-bond acceptors (Lipinski definition) is 3. The van der Waals surface area contributed by atoms with Crippen LogP contribution in [-0.2, 0) is 4.79 Å². The lowest BCUT2D eigenvalue weighted by Crippen LogP contribution is -2.28. The molecule has 86 valence electrons. The van der Waals surface area contributed by atoms with Crippen LogP contribution in [0.3, 0.4) is 0 Å². The summed E-state index contributed by atoms with van der Waals surface area (Å²) < 4.78 is 12.9. The highest BCUT2D eigenvalue weighted by Gasteiger charge is 2.08. The molecule has 0 fully saturated rings. The molecule has 0 aliphatic rings. The van der Waals surface area contributed by atoms with Crippen molar-refractivity contribution in [1.29, 1.82) is 0 Å². The molecule has 0 aromatic heterocycles. The van der Waals surface area contributed by atoms with Gasteiger partial charge in [-0.15, -0.1) is 0 Å². The van der Waals surface area contributed by atoms with Crippen LogP contribution in [-0.4, -0.2) is 29.9 Å². The highest BCUT2D eigenvalue weighted by Crippen LogP contribution is 2.09. The molecule has 0 saturated heterocycles. The van der Waals surface area contributed by atoms with Crippen molar-refractivity contribution in [3.63, 3.8) is 0 Å². The van der Waals surface area contributed by atoms with Gasteiger partial charge in [0.15, 0.2) is 5.78 Å². The summed E-state index contributed by atoms with van der Waals surface area (Å²) in [6.45, 7) is 1.22. The van der Waals surface area contributed by atoms with E-state index >= 15 is 0 Å². The predicted octanol–water partition coefficient (Wildman–Crippen LogP) is 0.991. The second-order valence-corrected chi connectivity index (χ2v) is 3.38. The first-order valence-electron chi connectivity index (χ1n) is 4.72. The average Bonchev–Trinajstić information content (AvgIpc) is 2.21. The van der Waals surface area contributed by atoms with E-state index in [-0.39, 0.29) is 24.7 Å². The number of rotatable bonds is 5. The van der Waals surface area contributed by atoms with Gasteiger partial charge in [-0.1, -0.05) is 0 Å². The fourth-order valence-corrected chi connectivity index (χ4v) is 1.20. The van der Waals surface area contributed by atoms with Crippen molar-refractivity contribution in [3.8, 4) is 0 Å². The Hall–Kier alpha value is -1.75. The second kappa shape index (κ2) is 5.37. The van der Waals surface area contributed by atoms with Gasteiger partial charge in [0.2, 0.25) is 0 Å². The van der Waals surface area contributed by atoms with Gasteiger partial charge >= 0.3 is 5.97 Å². The number of carbonyl (C=O) groups is 2. The van der Waals surface area contributed by atoms with Crippen molar-refractivity contribution in [3.05, 3.63) is 35.1 Å². The zero-order chi connectivity index (χ0) is 12.1. The summed E-state index contributed by atoms with van der Waals surface area (Å²) in [7, 11) is 0. The number of aliphatic carboxylic acids is 1. The van der Waals surface area contributed by atoms with Gasteiger partial charge in [0.05, 0.1) is 13.1 Å². The second-order valence-electron chi connectivity index (χ2n) is 3.38. The van der Waals surface area contributed by atoms with Crippen LogP contribution in [0, 0.1) is 12.7 Å². The summed E-state index contributed by atoms with van der Waals surface area (Å²) in [4.78, 5) is 21.7. The fraction of sp³-hybridized carbons (Fsp3) is 0.273. The number of nitrogens with one attached hydrogen (secondary N) is 1. The number of carbonyl (C=O) groups excluding carboxylic acids is 1. The number of carboxylic acids is 1. The Kier molecular flexibility index (Phi) is 4.13. The lowest BCUT2D eigenvalue weighted by Gasteiger charge is -2.03. The van der Waals surface area contributed by atoms with Gasteiger partial charge in [-0.3, -0.25) is 14.9 Å². The summed E-state index contributed by atoms with van der Waals surface area (Å²) in [6, 6.07) is 4.05. The smallest absolute Gasteiger partial charge is 0.317 e. The molecule has 0 spiro atoms. The number of benzene rings is 1. The Morgan fingerprint density at radius 2 is 2.06 bits per heavy atom. The summed E-state index contributed by atoms with van der Waals surface area (Å²) in [5.41, 5.74) is 0.765. The largest absolute Gasteiger partial charge is 0.480 e. The summed E-state index contributed by atoms with van der Waals surface area (Å²) in [5, 5.41) is 10.8. The van der Waals surface area contributed by atoms with Crippen molar-refractivity contribution < 1.29 is 19.1 Å². The van der Waals surface area contributed by atoms with E-state index in [9.17, 15) is 14.0 Å². The highest BCUT2D eigenvalue weighted by atomic mass is 19.1. The number of carboxylic acid groups (broad SMARTS) is 1. The maximum atomic E-state index is 12.9. The molecule has 0 bridgehead atoms. The molecule has 4 nitrogen and oxygen atoms in total. The van der Waals surface area contributed by atoms with Gasteiger partial charge in [-0.2, -0.15) is 0 Å². The van der Waals surface area contributed by atoms with Crippen molar-refractivity contribution in [1.82, 2.24) is 5.32 Å². The van der Waals surface area contributed by atoms with E-state index < -0.39 is 5.97 Å². The zero-order valence-corrected chi connectivity index (χ0v) is 8.79. The van der Waals surface area contributed by atoms with Crippen LogP contribution in [0.15, 0.2) is 18.2 Å². The summed E-state index contributed by atoms with van der Waals surface area (Å²) in [5.74, 6) is -1.65. The molecule has 0 heterocycles. The van der Waals surface area contributed by atoms with Crippen LogP contribution in [0.5, 0.6) is 0 Å². The molecule has 0 aliphatic heterocycles. The molecule has 0 aliphatic carbocycles. The Morgan fingerprint density at radius 1 is 1.38 bits per heavy atom. The molecule has 1 rings (SSSR count). The molecular weight excluding hydrogens is 213 g/mol. The molecule has 1 aromatic carbocycles. The molecule has 0 amide bonds. The maximum Gasteiger partial charge on any atom is 0.317 e. The molecule has 16 heavy (non-hydrogen) atoms. The first-order chi connectivity index (χ1) is 7.50. The third-order valence-corrected chi connectivity index (χ3v) is 2.04. The Bertz CT molecular complexity index is 418. The van der Waals surface area contributed by atoms with E-state index in [1.165, 1.54) is 18.2 Å². The zero-order valence-electron chi connectivity index (χ0n) is 8.79. The van der Waals surface area contributed by atoms with E-state index in [4.69, 9.17) is 5.11 Å². The van der Waals surface area contributed by atoms with Crippen molar-refractivity contribution in [2.45, 2.75) is 6.92 Å². The van der Waals surface area contributed by atoms with Gasteiger partial charge < -0.3 is 5.11 Å². The van der Waals surface area contributed by atoms with Crippen LogP contribution >= 0.6 is 0 Å². The summed E-state index contributed by atoms with van der Waals surface area (Å²) in [6.07, 6.45) is 0. The quantitative estimate of drug-likeness (QED) is 0.733. The first kappa shape index (κ1) is 12.3. The van der Waals surface area contributed by atoms with Crippen molar-refractivity contribution in [2.24, 2.45) is 0 Å². The number of ketones is 1. The van der Waals surface area contributed by atoms with Gasteiger partial charge in [0, 0.05) is 5.56 Å². The first-order valence-corrected chi connectivity index (χ1v) is 4.72. The maximum absolute atomic E-state index is 12.9. The van der Waals surface area contributed by atoms with Gasteiger partial charge in [0.1, 0.15) is 5.82 Å². The molecule has 0 unspecified atom stereocenters. The molecule has 1 aromatic rings. The lowest BCUT2D eigenvalue weighted by molar-refractivity contribution is -0.135. The van der Waals surface area contributed by atoms with Gasteiger partial charge in [-0.05, 0) is 30.7 Å². The molecule has 5 heteroatoms. The van der Waals surface area contributed by atoms with E-state index in [1.54, 1.807) is 6.92 Å². The predicted molar refractivity (Wildman–Crippen MR) is 56.0 cm³/mol. The highest BCUT2D eigenvalue weighted by molar-refractivity contribution is 5.97. The van der Waals surface area contributed by atoms with E-state index in [1.807, 2.05) is 0 Å². The van der Waals surface area contributed by atoms with E-state index in [2.05, 4.69) is 5.32 Å². The minimum Gasteiger partial charge on any atom is -0.480 e. The lowest BCUT2D eigenvalue weighted by atomic mass is 10.1. The SMILES string of the molecule is Cc1cc(C(=O)CNCC(=O)O)ccc1F. The van der Waals surface area contributed by atoms with Crippen LogP contribution in [0.2, 0.25) is 0 Å². The monoisotopic (exact) mass is 225 g/mol. The molecule has 0 saturated carbocycles. The molecule has 0 radical (unpaired) electrons. The Balaban J connectivity index is 2.59. The molecule has 0 atom stereocenters. The van der Waals surface area contributed by atoms with Crippen molar-refractivity contribution >= 4 is 11.8 Å². The number of hydrogen-bond donors (Lipinski definition) is 2. The number of halogens is 1. The minimum atomic E-state index is -1.02. The average molecular weight is 225 g/mol. The normalized spacial score (nSPS) is 10.1. The number of Topliss-reactive ketones (excluding diaryl/α,β-unsaturated/α-hetero) is 1. The molecule has 2 N–H and O–H groups in total. The molecular formula is C11H12FNO3. The fourth-order valence-electron chi connectivity index (χ4n) is 1.20. The standard InChI is InChI=1S/C11H12FNO3/c1-7-4-8(2-3-9(7)12)10(14)5-13-6-11(15)16/h2-4,13H,5-6H2,1H3,(H,15,16). The number of aryl methyl sites for hydroxylation is 1. The van der Waals surface area contributed by atoms with Gasteiger partial charge in [0.25, 0.3) is 0 Å². The van der Waals surface area contributed by atoms with Crippen LogP contribution in [0.25, 0.3) is 0 Å². The minimum absolute atomic E-state index is 0.0721. The van der Waals surface area contributed by atoms with E-state index in [0.29, 0.717) is 11.1 Å². The Labute approximate surface area is 92.1 Å². The third kappa shape index (κ3) is 3.43. The van der Waals surface area contributed by atoms with Crippen LogP contribution < -0.4 is 5.32 Å². The van der Waals surface area contributed by atoms with Gasteiger partial charge in [-0.25, -0.2) is 4.39 Å². The Morgan fingerprint density at radius 3 is 2.62 bits per heavy atom. The van der Waals surface area contributed by atoms with E-state index in [0.717, 1.165) is 0 Å². The third-order valence-electron chi connectivity index (χ3n) is 2.04.